The molecular formula is C10H22N2O2S. The maximum absolute atomic E-state index is 11.3. The van der Waals surface area contributed by atoms with Gasteiger partial charge >= 0.3 is 0 Å². The van der Waals surface area contributed by atoms with Crippen LogP contribution in [-0.2, 0) is 9.53 Å². The number of carbonyl (C=O) groups is 1. The highest BCUT2D eigenvalue weighted by Gasteiger charge is 2.29. The molecule has 0 radical (unpaired) electrons. The molecule has 90 valence electrons. The number of carbonyl (C=O) groups excluding carboxylic acids is 1. The van der Waals surface area contributed by atoms with Gasteiger partial charge in [-0.25, -0.2) is 0 Å². The lowest BCUT2D eigenvalue weighted by Gasteiger charge is -2.26. The zero-order valence-electron chi connectivity index (χ0n) is 9.84. The van der Waals surface area contributed by atoms with E-state index in [0.717, 1.165) is 25.3 Å². The Kier molecular flexibility index (Phi) is 7.82. The summed E-state index contributed by atoms with van der Waals surface area (Å²) in [5.41, 5.74) is 4.77. The van der Waals surface area contributed by atoms with Crippen molar-refractivity contribution < 1.29 is 9.53 Å². The van der Waals surface area contributed by atoms with Gasteiger partial charge in [0.2, 0.25) is 5.91 Å². The van der Waals surface area contributed by atoms with E-state index in [9.17, 15) is 4.79 Å². The molecule has 4 nitrogen and oxygen atoms in total. The van der Waals surface area contributed by atoms with Gasteiger partial charge in [-0.3, -0.25) is 4.79 Å². The van der Waals surface area contributed by atoms with Gasteiger partial charge < -0.3 is 15.8 Å². The molecule has 0 fully saturated rings. The van der Waals surface area contributed by atoms with E-state index in [1.54, 1.807) is 18.9 Å². The number of ether oxygens (including phenoxy) is 1. The van der Waals surface area contributed by atoms with Gasteiger partial charge in [0.1, 0.15) is 5.54 Å². The number of likely N-dealkylation sites (N-methyl/N-ethyl adjacent to an activating group) is 1. The summed E-state index contributed by atoms with van der Waals surface area (Å²) < 4.78 is 4.95. The minimum atomic E-state index is -0.591. The standard InChI is InChI=1S/C10H22N2O2S/c1-4-12-10(2,9(11)13)8-15-7-5-6-14-3/h12H,4-8H2,1-3H3,(H2,11,13). The molecule has 0 aliphatic carbocycles. The molecule has 1 unspecified atom stereocenters. The number of amides is 1. The monoisotopic (exact) mass is 234 g/mol. The lowest BCUT2D eigenvalue weighted by Crippen LogP contribution is -2.55. The highest BCUT2D eigenvalue weighted by molar-refractivity contribution is 7.99. The summed E-state index contributed by atoms with van der Waals surface area (Å²) in [4.78, 5) is 11.3. The molecule has 1 atom stereocenters. The summed E-state index contributed by atoms with van der Waals surface area (Å²) in [7, 11) is 1.69. The third kappa shape index (κ3) is 6.02. The van der Waals surface area contributed by atoms with E-state index >= 15 is 0 Å². The number of nitrogens with one attached hydrogen (secondary N) is 1. The fraction of sp³-hybridized carbons (Fsp3) is 0.900. The number of primary amides is 1. The van der Waals surface area contributed by atoms with Gasteiger partial charge in [0.05, 0.1) is 0 Å². The molecule has 0 aromatic rings. The van der Waals surface area contributed by atoms with Crippen molar-refractivity contribution in [2.24, 2.45) is 5.73 Å². The van der Waals surface area contributed by atoms with Gasteiger partial charge in [-0.15, -0.1) is 0 Å². The molecule has 0 bridgehead atoms. The second-order valence-corrected chi connectivity index (χ2v) is 4.73. The fourth-order valence-electron chi connectivity index (χ4n) is 1.18. The average Bonchev–Trinajstić information content (AvgIpc) is 2.18. The van der Waals surface area contributed by atoms with E-state index in [0.29, 0.717) is 5.75 Å². The van der Waals surface area contributed by atoms with E-state index in [1.807, 2.05) is 13.8 Å². The molecule has 5 heteroatoms. The van der Waals surface area contributed by atoms with Crippen LogP contribution in [0.2, 0.25) is 0 Å². The molecule has 15 heavy (non-hydrogen) atoms. The van der Waals surface area contributed by atoms with E-state index in [-0.39, 0.29) is 5.91 Å². The van der Waals surface area contributed by atoms with Crippen molar-refractivity contribution in [3.8, 4) is 0 Å². The van der Waals surface area contributed by atoms with E-state index < -0.39 is 5.54 Å². The second-order valence-electron chi connectivity index (χ2n) is 3.63. The minimum Gasteiger partial charge on any atom is -0.385 e. The predicted molar refractivity (Wildman–Crippen MR) is 65.1 cm³/mol. The quantitative estimate of drug-likeness (QED) is 0.574. The van der Waals surface area contributed by atoms with Crippen LogP contribution < -0.4 is 11.1 Å². The molecule has 0 spiro atoms. The average molecular weight is 234 g/mol. The Balaban J connectivity index is 3.81. The maximum Gasteiger partial charge on any atom is 0.238 e. The first-order valence-electron chi connectivity index (χ1n) is 5.18. The van der Waals surface area contributed by atoms with Crippen LogP contribution in [0.3, 0.4) is 0 Å². The maximum atomic E-state index is 11.3. The van der Waals surface area contributed by atoms with E-state index in [1.165, 1.54) is 0 Å². The molecule has 0 saturated heterocycles. The topological polar surface area (TPSA) is 64.3 Å². The Hall–Kier alpha value is -0.260. The smallest absolute Gasteiger partial charge is 0.238 e. The summed E-state index contributed by atoms with van der Waals surface area (Å²) in [6.07, 6.45) is 1.00. The Morgan fingerprint density at radius 2 is 2.27 bits per heavy atom. The summed E-state index contributed by atoms with van der Waals surface area (Å²) in [6.45, 7) is 5.33. The number of nitrogens with two attached hydrogens (primary N) is 1. The van der Waals surface area contributed by atoms with Crippen molar-refractivity contribution in [1.29, 1.82) is 0 Å². The van der Waals surface area contributed by atoms with Crippen LogP contribution in [0.25, 0.3) is 0 Å². The molecule has 0 saturated carbocycles. The van der Waals surface area contributed by atoms with Crippen molar-refractivity contribution in [3.05, 3.63) is 0 Å². The summed E-state index contributed by atoms with van der Waals surface area (Å²) >= 11 is 1.73. The largest absolute Gasteiger partial charge is 0.385 e. The molecule has 0 aromatic carbocycles. The number of hydrogen-bond acceptors (Lipinski definition) is 4. The summed E-state index contributed by atoms with van der Waals surface area (Å²) in [6, 6.07) is 0. The van der Waals surface area contributed by atoms with Gasteiger partial charge in [0.25, 0.3) is 0 Å². The van der Waals surface area contributed by atoms with Gasteiger partial charge in [0, 0.05) is 19.5 Å². The van der Waals surface area contributed by atoms with Crippen LogP contribution in [0.15, 0.2) is 0 Å². The van der Waals surface area contributed by atoms with Crippen molar-refractivity contribution in [3.63, 3.8) is 0 Å². The Bertz CT molecular complexity index is 190. The first-order chi connectivity index (χ1) is 7.06. The molecular weight excluding hydrogens is 212 g/mol. The van der Waals surface area contributed by atoms with Gasteiger partial charge in [-0.2, -0.15) is 11.8 Å². The number of rotatable bonds is 9. The predicted octanol–water partition coefficient (Wildman–Crippen LogP) is 0.610. The van der Waals surface area contributed by atoms with E-state index in [2.05, 4.69) is 5.32 Å². The molecule has 0 aliphatic heterocycles. The third-order valence-electron chi connectivity index (χ3n) is 2.14. The van der Waals surface area contributed by atoms with Gasteiger partial charge in [0.15, 0.2) is 0 Å². The first kappa shape index (κ1) is 14.7. The number of hydrogen-bond donors (Lipinski definition) is 2. The molecule has 0 heterocycles. The van der Waals surface area contributed by atoms with Crippen molar-refractivity contribution in [2.45, 2.75) is 25.8 Å². The van der Waals surface area contributed by atoms with Crippen molar-refractivity contribution in [1.82, 2.24) is 5.32 Å². The molecule has 0 rings (SSSR count). The fourth-order valence-corrected chi connectivity index (χ4v) is 2.30. The zero-order valence-corrected chi connectivity index (χ0v) is 10.7. The van der Waals surface area contributed by atoms with Crippen LogP contribution in [0.4, 0.5) is 0 Å². The lowest BCUT2D eigenvalue weighted by atomic mass is 10.1. The Morgan fingerprint density at radius 3 is 2.73 bits per heavy atom. The Labute approximate surface area is 96.3 Å². The van der Waals surface area contributed by atoms with Crippen LogP contribution >= 0.6 is 11.8 Å². The molecule has 0 aromatic heterocycles. The third-order valence-corrected chi connectivity index (χ3v) is 3.50. The van der Waals surface area contributed by atoms with Crippen LogP contribution in [-0.4, -0.2) is 43.2 Å². The number of methoxy groups -OCH3 is 1. The SMILES string of the molecule is CCNC(C)(CSCCCOC)C(N)=O. The first-order valence-corrected chi connectivity index (χ1v) is 6.34. The summed E-state index contributed by atoms with van der Waals surface area (Å²) in [5, 5.41) is 3.12. The highest BCUT2D eigenvalue weighted by Crippen LogP contribution is 2.13. The minimum absolute atomic E-state index is 0.288. The van der Waals surface area contributed by atoms with Gasteiger partial charge in [-0.1, -0.05) is 6.92 Å². The molecule has 0 aliphatic rings. The van der Waals surface area contributed by atoms with Crippen LogP contribution in [0.5, 0.6) is 0 Å². The lowest BCUT2D eigenvalue weighted by molar-refractivity contribution is -0.122. The second kappa shape index (κ2) is 7.96. The van der Waals surface area contributed by atoms with Crippen molar-refractivity contribution >= 4 is 17.7 Å². The zero-order chi connectivity index (χ0) is 11.7. The molecule has 3 N–H and O–H groups in total. The van der Waals surface area contributed by atoms with E-state index in [4.69, 9.17) is 10.5 Å². The normalized spacial score (nSPS) is 14.9. The van der Waals surface area contributed by atoms with Crippen LogP contribution in [0.1, 0.15) is 20.3 Å². The van der Waals surface area contributed by atoms with Gasteiger partial charge in [-0.05, 0) is 25.6 Å². The summed E-state index contributed by atoms with van der Waals surface area (Å²) in [5.74, 6) is 1.41. The Morgan fingerprint density at radius 1 is 1.60 bits per heavy atom. The van der Waals surface area contributed by atoms with Crippen molar-refractivity contribution in [2.75, 3.05) is 31.8 Å². The highest BCUT2D eigenvalue weighted by atomic mass is 32.2. The molecule has 1 amide bonds. The van der Waals surface area contributed by atoms with Crippen LogP contribution in [0, 0.1) is 0 Å². The number of thioether (sulfide) groups is 1.